The minimum atomic E-state index is -0.00463. The quantitative estimate of drug-likeness (QED) is 0.778. The van der Waals surface area contributed by atoms with E-state index in [0.717, 1.165) is 37.1 Å². The van der Waals surface area contributed by atoms with Gasteiger partial charge in [-0.3, -0.25) is 14.5 Å². The summed E-state index contributed by atoms with van der Waals surface area (Å²) < 4.78 is 0. The summed E-state index contributed by atoms with van der Waals surface area (Å²) in [5.74, 6) is 0.181. The molecule has 28 heavy (non-hydrogen) atoms. The van der Waals surface area contributed by atoms with Crippen LogP contribution in [0.2, 0.25) is 0 Å². The van der Waals surface area contributed by atoms with Gasteiger partial charge in [0.2, 0.25) is 11.8 Å². The van der Waals surface area contributed by atoms with Crippen LogP contribution in [-0.4, -0.2) is 36.3 Å². The maximum absolute atomic E-state index is 12.4. The minimum absolute atomic E-state index is 0.00463. The smallest absolute Gasteiger partial charge is 0.234 e. The third-order valence-electron chi connectivity index (χ3n) is 5.31. The van der Waals surface area contributed by atoms with E-state index in [-0.39, 0.29) is 23.8 Å². The lowest BCUT2D eigenvalue weighted by atomic mass is 9.96. The average Bonchev–Trinajstić information content (AvgIpc) is 2.74. The zero-order valence-corrected chi connectivity index (χ0v) is 16.4. The van der Waals surface area contributed by atoms with Gasteiger partial charge in [-0.15, -0.1) is 0 Å². The second-order valence-corrected chi connectivity index (χ2v) is 7.45. The number of nitrogens with one attached hydrogen (secondary N) is 2. The van der Waals surface area contributed by atoms with Crippen LogP contribution in [0.1, 0.15) is 36.9 Å². The molecule has 0 aliphatic carbocycles. The van der Waals surface area contributed by atoms with Gasteiger partial charge in [0.05, 0.1) is 12.6 Å². The van der Waals surface area contributed by atoms with Crippen molar-refractivity contribution < 1.29 is 9.59 Å². The molecule has 0 bridgehead atoms. The molecule has 2 aromatic rings. The van der Waals surface area contributed by atoms with Gasteiger partial charge in [-0.05, 0) is 44.0 Å². The highest BCUT2D eigenvalue weighted by Crippen LogP contribution is 2.18. The Labute approximate surface area is 167 Å². The molecule has 1 aliphatic heterocycles. The van der Waals surface area contributed by atoms with Crippen molar-refractivity contribution in [3.8, 4) is 0 Å². The highest BCUT2D eigenvalue weighted by Gasteiger charge is 2.26. The Balaban J connectivity index is 1.37. The number of amides is 2. The Morgan fingerprint density at radius 1 is 1.00 bits per heavy atom. The van der Waals surface area contributed by atoms with Crippen LogP contribution in [0.5, 0.6) is 0 Å². The lowest BCUT2D eigenvalue weighted by Crippen LogP contribution is -2.44. The molecular formula is C23H29N3O2. The van der Waals surface area contributed by atoms with E-state index in [9.17, 15) is 9.59 Å². The van der Waals surface area contributed by atoms with Crippen LogP contribution in [0.4, 0.5) is 0 Å². The molecule has 0 aromatic heterocycles. The number of likely N-dealkylation sites (tertiary alicyclic amines) is 1. The number of hydrogen-bond acceptors (Lipinski definition) is 3. The topological polar surface area (TPSA) is 61.4 Å². The van der Waals surface area contributed by atoms with Gasteiger partial charge in [-0.2, -0.15) is 0 Å². The van der Waals surface area contributed by atoms with Crippen molar-refractivity contribution in [1.29, 1.82) is 0 Å². The van der Waals surface area contributed by atoms with Gasteiger partial charge >= 0.3 is 0 Å². The molecule has 2 aromatic carbocycles. The summed E-state index contributed by atoms with van der Waals surface area (Å²) in [5.41, 5.74) is 2.21. The number of carbonyl (C=O) groups is 2. The number of carbonyl (C=O) groups excluding carboxylic acids is 2. The molecule has 5 nitrogen and oxygen atoms in total. The van der Waals surface area contributed by atoms with E-state index in [2.05, 4.69) is 15.5 Å². The molecule has 2 N–H and O–H groups in total. The second kappa shape index (κ2) is 10.0. The first-order valence-corrected chi connectivity index (χ1v) is 10.00. The van der Waals surface area contributed by atoms with Crippen LogP contribution in [0.15, 0.2) is 60.7 Å². The molecule has 1 fully saturated rings. The Morgan fingerprint density at radius 2 is 1.61 bits per heavy atom. The van der Waals surface area contributed by atoms with Crippen molar-refractivity contribution in [3.63, 3.8) is 0 Å². The zero-order chi connectivity index (χ0) is 19.8. The molecule has 1 heterocycles. The monoisotopic (exact) mass is 379 g/mol. The first kappa shape index (κ1) is 20.1. The highest BCUT2D eigenvalue weighted by molar-refractivity contribution is 5.79. The number of piperidine rings is 1. The Hall–Kier alpha value is -2.66. The van der Waals surface area contributed by atoms with E-state index in [1.165, 1.54) is 0 Å². The Kier molecular flexibility index (Phi) is 7.20. The molecule has 3 rings (SSSR count). The molecule has 0 saturated carbocycles. The SMILES string of the molecule is CC(NC(=O)CN1CCC(C(=O)NCc2ccccc2)CC1)c1ccccc1. The Bertz CT molecular complexity index is 756. The average molecular weight is 380 g/mol. The molecule has 148 valence electrons. The lowest BCUT2D eigenvalue weighted by molar-refractivity contribution is -0.127. The standard InChI is InChI=1S/C23H29N3O2/c1-18(20-10-6-3-7-11-20)25-22(27)17-26-14-12-21(13-15-26)23(28)24-16-19-8-4-2-5-9-19/h2-11,18,21H,12-17H2,1H3,(H,24,28)(H,25,27). The van der Waals surface area contributed by atoms with Crippen molar-refractivity contribution >= 4 is 11.8 Å². The predicted molar refractivity (Wildman–Crippen MR) is 110 cm³/mol. The molecular weight excluding hydrogens is 350 g/mol. The van der Waals surface area contributed by atoms with Gasteiger partial charge in [0.1, 0.15) is 0 Å². The predicted octanol–water partition coefficient (Wildman–Crippen LogP) is 2.89. The third kappa shape index (κ3) is 5.92. The number of benzene rings is 2. The molecule has 0 spiro atoms. The fourth-order valence-corrected chi connectivity index (χ4v) is 3.60. The summed E-state index contributed by atoms with van der Waals surface area (Å²) in [4.78, 5) is 26.9. The highest BCUT2D eigenvalue weighted by atomic mass is 16.2. The Morgan fingerprint density at radius 3 is 2.25 bits per heavy atom. The number of hydrogen-bond donors (Lipinski definition) is 2. The second-order valence-electron chi connectivity index (χ2n) is 7.45. The molecule has 2 amide bonds. The summed E-state index contributed by atoms with van der Waals surface area (Å²) in [6, 6.07) is 19.9. The summed E-state index contributed by atoms with van der Waals surface area (Å²) >= 11 is 0. The first-order chi connectivity index (χ1) is 13.6. The molecule has 1 aliphatic rings. The lowest BCUT2D eigenvalue weighted by Gasteiger charge is -2.31. The fraction of sp³-hybridized carbons (Fsp3) is 0.391. The van der Waals surface area contributed by atoms with E-state index in [1.54, 1.807) is 0 Å². The van der Waals surface area contributed by atoms with Gasteiger partial charge in [0, 0.05) is 12.5 Å². The van der Waals surface area contributed by atoms with Gasteiger partial charge in [-0.1, -0.05) is 60.7 Å². The van der Waals surface area contributed by atoms with Gasteiger partial charge in [0.15, 0.2) is 0 Å². The zero-order valence-electron chi connectivity index (χ0n) is 16.4. The summed E-state index contributed by atoms with van der Waals surface area (Å²) in [6.45, 7) is 4.50. The normalized spacial score (nSPS) is 16.3. The molecule has 1 saturated heterocycles. The van der Waals surface area contributed by atoms with Gasteiger partial charge in [-0.25, -0.2) is 0 Å². The van der Waals surface area contributed by atoms with Crippen LogP contribution < -0.4 is 10.6 Å². The molecule has 1 unspecified atom stereocenters. The largest absolute Gasteiger partial charge is 0.352 e. The van der Waals surface area contributed by atoms with Crippen molar-refractivity contribution in [2.24, 2.45) is 5.92 Å². The van der Waals surface area contributed by atoms with E-state index < -0.39 is 0 Å². The van der Waals surface area contributed by atoms with E-state index >= 15 is 0 Å². The van der Waals surface area contributed by atoms with E-state index in [4.69, 9.17) is 0 Å². The van der Waals surface area contributed by atoms with Gasteiger partial charge < -0.3 is 10.6 Å². The first-order valence-electron chi connectivity index (χ1n) is 10.00. The van der Waals surface area contributed by atoms with Crippen LogP contribution in [0, 0.1) is 5.92 Å². The number of nitrogens with zero attached hydrogens (tertiary/aromatic N) is 1. The van der Waals surface area contributed by atoms with Crippen molar-refractivity contribution in [2.45, 2.75) is 32.4 Å². The van der Waals surface area contributed by atoms with Gasteiger partial charge in [0.25, 0.3) is 0 Å². The molecule has 0 radical (unpaired) electrons. The number of rotatable bonds is 7. The maximum Gasteiger partial charge on any atom is 0.234 e. The van der Waals surface area contributed by atoms with Crippen molar-refractivity contribution in [1.82, 2.24) is 15.5 Å². The van der Waals surface area contributed by atoms with Crippen LogP contribution in [0.3, 0.4) is 0 Å². The maximum atomic E-state index is 12.4. The summed E-state index contributed by atoms with van der Waals surface area (Å²) in [7, 11) is 0. The molecule has 1 atom stereocenters. The van der Waals surface area contributed by atoms with E-state index in [1.807, 2.05) is 67.6 Å². The van der Waals surface area contributed by atoms with Crippen molar-refractivity contribution in [2.75, 3.05) is 19.6 Å². The molecule has 5 heteroatoms. The van der Waals surface area contributed by atoms with E-state index in [0.29, 0.717) is 13.1 Å². The van der Waals surface area contributed by atoms with Crippen LogP contribution in [0.25, 0.3) is 0 Å². The minimum Gasteiger partial charge on any atom is -0.352 e. The third-order valence-corrected chi connectivity index (χ3v) is 5.31. The summed E-state index contributed by atoms with van der Waals surface area (Å²) in [5, 5.41) is 6.09. The van der Waals surface area contributed by atoms with Crippen LogP contribution >= 0.6 is 0 Å². The fourth-order valence-electron chi connectivity index (χ4n) is 3.60. The van der Waals surface area contributed by atoms with Crippen molar-refractivity contribution in [3.05, 3.63) is 71.8 Å². The summed E-state index contributed by atoms with van der Waals surface area (Å²) in [6.07, 6.45) is 1.59. The van der Waals surface area contributed by atoms with Crippen LogP contribution in [-0.2, 0) is 16.1 Å².